The monoisotopic (exact) mass is 991 g/mol. The smallest absolute Gasteiger partial charge is 0.100 e. The maximum Gasteiger partial charge on any atom is 0.140 e. The van der Waals surface area contributed by atoms with Gasteiger partial charge < -0.3 is 0 Å². The van der Waals surface area contributed by atoms with Crippen LogP contribution in [0.15, 0.2) is 0 Å². The molecule has 80 heavy (non-hydrogen) atoms. The molecule has 0 atom stereocenters. The fraction of sp³-hybridized carbons (Fsp3) is 0. The molecule has 0 spiro atoms. The van der Waals surface area contributed by atoms with Gasteiger partial charge in [0.2, 0.25) is 0 Å². The van der Waals surface area contributed by atoms with E-state index in [2.05, 4.69) is 235 Å². The summed E-state index contributed by atoms with van der Waals surface area (Å²) in [6, 6.07) is 0. The fourth-order valence-corrected chi connectivity index (χ4v) is 17.3. The van der Waals surface area contributed by atoms with Gasteiger partial charge in [0.25, 0.3) is 0 Å². The maximum atomic E-state index is 2.47. The predicted molar refractivity (Wildman–Crippen MR) is 461 cm³/mol. The molecule has 0 heterocycles. The van der Waals surface area contributed by atoms with Crippen LogP contribution in [0.5, 0.6) is 0 Å². The van der Waals surface area contributed by atoms with Crippen molar-refractivity contribution in [2.24, 2.45) is 0 Å². The van der Waals surface area contributed by atoms with E-state index >= 15 is 0 Å². The van der Waals surface area contributed by atoms with Gasteiger partial charge in [0, 0.05) is 0 Å². The van der Waals surface area contributed by atoms with E-state index in [4.69, 9.17) is 0 Å². The number of hydrogen-bond donors (Lipinski definition) is 0. The highest BCUT2D eigenvalue weighted by Gasteiger charge is 2.32. The first kappa shape index (κ1) is 57.3. The van der Waals surface area contributed by atoms with Crippen molar-refractivity contribution in [2.45, 2.75) is 0 Å². The largest absolute Gasteiger partial charge is 0.140 e. The lowest BCUT2D eigenvalue weighted by Gasteiger charge is -2.33. The quantitative estimate of drug-likeness (QED) is 0.122. The lowest BCUT2D eigenvalue weighted by atomic mass is 9.54. The van der Waals surface area contributed by atoms with Gasteiger partial charge in [-0.1, -0.05) is 137 Å². The Bertz CT molecular complexity index is 4460. The third kappa shape index (κ3) is 6.95. The predicted octanol–water partition coefficient (Wildman–Crippen LogP) is -38.1. The SMILES string of the molecule is Bc1c(B)c(-c2c(B)c(B)c(B)c(-c3c(B)c(B)c4c(B)c(B)c5c(B)c(B)c(B)c6c(B)c(B)c3c4c56)c2B)c(B)c(-c2c(B)c(B)c(B)c(-c3c(B)c(B)c4c(B)c(B)c5c(B)c(B)c(B)c6c(B)c(B)c3c4c56)c2B)c1B. The molecule has 0 unspecified atom stereocenters. The molecule has 0 saturated carbocycles. The molecule has 0 radical (unpaired) electrons. The summed E-state index contributed by atoms with van der Waals surface area (Å²) in [7, 11) is 72.2. The number of hydrogen-bond acceptors (Lipinski definition) is 0. The van der Waals surface area contributed by atoms with Gasteiger partial charge >= 0.3 is 0 Å². The molecule has 0 nitrogen and oxygen atoms in total. The summed E-state index contributed by atoms with van der Waals surface area (Å²) in [5.41, 5.74) is 53.6. The average Bonchev–Trinajstić information content (AvgIpc) is 2.51. The zero-order valence-electron chi connectivity index (χ0n) is 55.0. The van der Waals surface area contributed by atoms with Crippen LogP contribution in [0.2, 0.25) is 0 Å². The van der Waals surface area contributed by atoms with E-state index in [1.165, 1.54) is 273 Å². The van der Waals surface area contributed by atoms with E-state index in [0.29, 0.717) is 0 Å². The lowest BCUT2D eigenvalue weighted by Crippen LogP contribution is -2.53. The lowest BCUT2D eigenvalue weighted by molar-refractivity contribution is 1.79. The van der Waals surface area contributed by atoms with Crippen molar-refractivity contribution in [3.63, 3.8) is 0 Å². The number of rotatable bonds is 4. The van der Waals surface area contributed by atoms with Crippen molar-refractivity contribution in [3.05, 3.63) is 0 Å². The van der Waals surface area contributed by atoms with Crippen LogP contribution in [0.25, 0.3) is 109 Å². The molecule has 0 aliphatic rings. The van der Waals surface area contributed by atoms with Gasteiger partial charge in [0.1, 0.15) is 235 Å². The molecule has 0 fully saturated rings. The summed E-state index contributed by atoms with van der Waals surface area (Å²) in [6.45, 7) is 0. The van der Waals surface area contributed by atoms with Gasteiger partial charge in [-0.05, 0) is 109 Å². The molecule has 0 saturated heterocycles. The summed E-state index contributed by atoms with van der Waals surface area (Å²) < 4.78 is 0. The molecular weight excluding hydrogens is 925 g/mol. The molecule has 11 aromatic rings. The van der Waals surface area contributed by atoms with Gasteiger partial charge in [-0.2, -0.15) is 0 Å². The number of benzene rings is 11. The van der Waals surface area contributed by atoms with E-state index in [0.717, 1.165) is 0 Å². The molecule has 11 rings (SSSR count). The fourth-order valence-electron chi connectivity index (χ4n) is 17.3. The Morgan fingerprint density at radius 3 is 0.388 bits per heavy atom. The van der Waals surface area contributed by atoms with E-state index < -0.39 is 0 Å². The highest BCUT2D eigenvalue weighted by molar-refractivity contribution is 6.79. The molecule has 0 aliphatic carbocycles. The van der Waals surface area contributed by atoms with Crippen molar-refractivity contribution in [1.82, 2.24) is 0 Å². The molecular formula is C50H60B30. The van der Waals surface area contributed by atoms with E-state index in [-0.39, 0.29) is 0 Å². The topological polar surface area (TPSA) is 0 Å². The van der Waals surface area contributed by atoms with Crippen LogP contribution in [0, 0.1) is 0 Å². The zero-order chi connectivity index (χ0) is 58.9. The normalized spacial score (nSPS) is 12.0. The molecule has 0 aliphatic heterocycles. The second-order valence-electron chi connectivity index (χ2n) is 26.2. The van der Waals surface area contributed by atoms with E-state index in [1.807, 2.05) is 0 Å². The molecule has 11 aromatic carbocycles. The Kier molecular flexibility index (Phi) is 13.6. The van der Waals surface area contributed by atoms with Crippen LogP contribution < -0.4 is 164 Å². The van der Waals surface area contributed by atoms with Crippen LogP contribution in [0.4, 0.5) is 0 Å². The van der Waals surface area contributed by atoms with Crippen LogP contribution in [-0.2, 0) is 0 Å². The molecule has 0 aromatic heterocycles. The summed E-state index contributed by atoms with van der Waals surface area (Å²) in [5, 5.41) is 17.5. The third-order valence-electron chi connectivity index (χ3n) is 23.5. The Labute approximate surface area is 504 Å². The summed E-state index contributed by atoms with van der Waals surface area (Å²) in [4.78, 5) is 0. The van der Waals surface area contributed by atoms with Crippen LogP contribution in [0.3, 0.4) is 0 Å². The Balaban J connectivity index is 1.27. The van der Waals surface area contributed by atoms with Crippen molar-refractivity contribution >= 4 is 464 Å². The molecule has 0 N–H and O–H groups in total. The Morgan fingerprint density at radius 2 is 0.188 bits per heavy atom. The van der Waals surface area contributed by atoms with Gasteiger partial charge in [-0.3, -0.25) is 0 Å². The molecule has 0 bridgehead atoms. The van der Waals surface area contributed by atoms with E-state index in [9.17, 15) is 0 Å². The Hall–Kier alpha value is -4.55. The van der Waals surface area contributed by atoms with Gasteiger partial charge in [0.15, 0.2) is 0 Å². The van der Waals surface area contributed by atoms with Crippen LogP contribution in [-0.4, -0.2) is 235 Å². The van der Waals surface area contributed by atoms with Crippen molar-refractivity contribution < 1.29 is 0 Å². The van der Waals surface area contributed by atoms with Crippen LogP contribution >= 0.6 is 0 Å². The third-order valence-corrected chi connectivity index (χ3v) is 23.5. The molecule has 0 amide bonds. The minimum absolute atomic E-state index is 1.39. The van der Waals surface area contributed by atoms with Gasteiger partial charge in [0.05, 0.1) is 0 Å². The van der Waals surface area contributed by atoms with E-state index in [1.54, 1.807) is 0 Å². The Morgan fingerprint density at radius 1 is 0.0750 bits per heavy atom. The van der Waals surface area contributed by atoms with Gasteiger partial charge in [-0.15, -0.1) is 27.3 Å². The summed E-state index contributed by atoms with van der Waals surface area (Å²) in [5.74, 6) is 0. The summed E-state index contributed by atoms with van der Waals surface area (Å²) in [6.07, 6.45) is 0. The highest BCUT2D eigenvalue weighted by atomic mass is 14.3. The molecule has 350 valence electrons. The minimum Gasteiger partial charge on any atom is -0.100 e. The second kappa shape index (κ2) is 19.0. The minimum atomic E-state index is 1.39. The maximum absolute atomic E-state index is 2.47. The first-order valence-corrected chi connectivity index (χ1v) is 30.0. The van der Waals surface area contributed by atoms with Crippen molar-refractivity contribution in [3.8, 4) is 44.5 Å². The van der Waals surface area contributed by atoms with Crippen LogP contribution in [0.1, 0.15) is 0 Å². The average molecular weight is 985 g/mol. The van der Waals surface area contributed by atoms with Crippen molar-refractivity contribution in [2.75, 3.05) is 0 Å². The van der Waals surface area contributed by atoms with Crippen molar-refractivity contribution in [1.29, 1.82) is 0 Å². The van der Waals surface area contributed by atoms with Gasteiger partial charge in [-0.25, -0.2) is 0 Å². The molecule has 30 heteroatoms. The second-order valence-corrected chi connectivity index (χ2v) is 26.2. The first-order valence-electron chi connectivity index (χ1n) is 30.0. The first-order chi connectivity index (χ1) is 37.3. The summed E-state index contributed by atoms with van der Waals surface area (Å²) >= 11 is 0. The standard InChI is InChI=1S/C50H60B30/c51-21-15(7-5-1-3-11(30(60)24(5)54)36(66)46(76)38(68)13(3)34(64)32(62)9(1)28(58)26(7)56)40(70)48(78)42(72)17(21)19-23(53)20(45(75)50(80)44(19)74)18-22(52)16(41(71)49(79)43(18)73)8-6-2-4-12(31(61)25(6)55)37(67)47(77)39(69)14(4)35(65)33(63)10(2)29(59)27(8)57/h51-80H2. The zero-order valence-corrected chi connectivity index (χ0v) is 55.0. The highest BCUT2D eigenvalue weighted by Crippen LogP contribution is 2.35.